The number of amides is 3. The number of hydrogen-bond donors (Lipinski definition) is 0. The van der Waals surface area contributed by atoms with Gasteiger partial charge in [-0.1, -0.05) is 0 Å². The predicted octanol–water partition coefficient (Wildman–Crippen LogP) is 0.422. The second-order valence-electron chi connectivity index (χ2n) is 6.71. The van der Waals surface area contributed by atoms with Crippen molar-refractivity contribution in [2.24, 2.45) is 4.99 Å². The monoisotopic (exact) mass is 373 g/mol. The molecule has 0 aromatic heterocycles. The number of hydrogen-bond acceptors (Lipinski definition) is 7. The van der Waals surface area contributed by atoms with Crippen LogP contribution in [0.15, 0.2) is 29.3 Å². The fourth-order valence-electron chi connectivity index (χ4n) is 3.83. The zero-order chi connectivity index (χ0) is 19.1. The number of imide groups is 1. The summed E-state index contributed by atoms with van der Waals surface area (Å²) in [7, 11) is 4.87. The molecule has 1 aromatic carbocycles. The average molecular weight is 373 g/mol. The van der Waals surface area contributed by atoms with E-state index in [4.69, 9.17) is 14.5 Å². The molecule has 0 aliphatic carbocycles. The fourth-order valence-corrected chi connectivity index (χ4v) is 3.83. The Hall–Kier alpha value is -2.81. The van der Waals surface area contributed by atoms with Crippen LogP contribution >= 0.6 is 0 Å². The lowest BCUT2D eigenvalue weighted by molar-refractivity contribution is -0.137. The molecule has 1 aromatic rings. The number of benzene rings is 1. The molecule has 9 nitrogen and oxygen atoms in total. The minimum atomic E-state index is -0.500. The first-order valence-electron chi connectivity index (χ1n) is 8.90. The number of nitrogens with zero attached hydrogens (tertiary/aromatic N) is 5. The first-order chi connectivity index (χ1) is 13.1. The first-order valence-corrected chi connectivity index (χ1v) is 8.90. The summed E-state index contributed by atoms with van der Waals surface area (Å²) in [4.78, 5) is 37.2. The highest BCUT2D eigenvalue weighted by Crippen LogP contribution is 2.33. The number of carbonyl (C=O) groups is 2. The van der Waals surface area contributed by atoms with Gasteiger partial charge in [0.15, 0.2) is 12.2 Å². The van der Waals surface area contributed by atoms with Gasteiger partial charge in [-0.2, -0.15) is 0 Å². The number of urea groups is 1. The predicted molar refractivity (Wildman–Crippen MR) is 98.8 cm³/mol. The Bertz CT molecular complexity index is 780. The summed E-state index contributed by atoms with van der Waals surface area (Å²) in [6.07, 6.45) is -0.500. The number of anilines is 1. The smallest absolute Gasteiger partial charge is 0.328 e. The summed E-state index contributed by atoms with van der Waals surface area (Å²) in [6.45, 7) is 1.97. The largest absolute Gasteiger partial charge is 0.497 e. The van der Waals surface area contributed by atoms with Crippen molar-refractivity contribution in [3.05, 3.63) is 24.3 Å². The van der Waals surface area contributed by atoms with Crippen LogP contribution in [0.3, 0.4) is 0 Å². The first kappa shape index (κ1) is 17.6. The molecule has 27 heavy (non-hydrogen) atoms. The van der Waals surface area contributed by atoms with Crippen LogP contribution in [0.2, 0.25) is 0 Å². The van der Waals surface area contributed by atoms with E-state index >= 15 is 0 Å². The number of fused-ring (bicyclic) bond motifs is 3. The van der Waals surface area contributed by atoms with E-state index < -0.39 is 12.2 Å². The second-order valence-corrected chi connectivity index (χ2v) is 6.71. The normalized spacial score (nSPS) is 24.3. The standard InChI is InChI=1S/C18H23N5O4/c1-20-15-14(16(24)23(18(20)25)10-11-26-2)22-9-8-21(17(22)19-15)12-4-6-13(27-3)7-5-12/h4-7,14-15H,8-11H2,1-3H3. The molecule has 2 fully saturated rings. The average Bonchev–Trinajstić information content (AvgIpc) is 3.26. The number of carbonyl (C=O) groups excluding carboxylic acids is 2. The van der Waals surface area contributed by atoms with Gasteiger partial charge in [-0.15, -0.1) is 0 Å². The van der Waals surface area contributed by atoms with E-state index in [2.05, 4.69) is 4.90 Å². The highest BCUT2D eigenvalue weighted by atomic mass is 16.5. The van der Waals surface area contributed by atoms with E-state index in [-0.39, 0.29) is 18.5 Å². The molecule has 3 amide bonds. The van der Waals surface area contributed by atoms with Crippen LogP contribution in [0.25, 0.3) is 0 Å². The molecular formula is C18H23N5O4. The van der Waals surface area contributed by atoms with Crippen LogP contribution in [-0.4, -0.2) is 92.3 Å². The zero-order valence-electron chi connectivity index (χ0n) is 15.7. The van der Waals surface area contributed by atoms with Gasteiger partial charge >= 0.3 is 6.03 Å². The summed E-state index contributed by atoms with van der Waals surface area (Å²) in [5.41, 5.74) is 0.980. The molecule has 2 atom stereocenters. The molecule has 0 bridgehead atoms. The van der Waals surface area contributed by atoms with Crippen molar-refractivity contribution >= 4 is 23.6 Å². The Morgan fingerprint density at radius 1 is 1.15 bits per heavy atom. The van der Waals surface area contributed by atoms with Crippen LogP contribution in [-0.2, 0) is 9.53 Å². The maximum absolute atomic E-state index is 13.0. The van der Waals surface area contributed by atoms with Crippen LogP contribution in [0.4, 0.5) is 10.5 Å². The molecule has 2 saturated heterocycles. The van der Waals surface area contributed by atoms with Gasteiger partial charge in [0.2, 0.25) is 5.96 Å². The highest BCUT2D eigenvalue weighted by molar-refractivity contribution is 6.08. The molecule has 0 N–H and O–H groups in total. The molecule has 0 saturated carbocycles. The van der Waals surface area contributed by atoms with Crippen molar-refractivity contribution in [2.45, 2.75) is 12.2 Å². The molecule has 144 valence electrons. The molecule has 0 radical (unpaired) electrons. The summed E-state index contributed by atoms with van der Waals surface area (Å²) in [6, 6.07) is 6.91. The third-order valence-corrected chi connectivity index (χ3v) is 5.28. The number of likely N-dealkylation sites (N-methyl/N-ethyl adjacent to an activating group) is 1. The van der Waals surface area contributed by atoms with Gasteiger partial charge in [-0.05, 0) is 24.3 Å². The van der Waals surface area contributed by atoms with E-state index in [1.165, 1.54) is 4.90 Å². The molecular weight excluding hydrogens is 350 g/mol. The van der Waals surface area contributed by atoms with Gasteiger partial charge in [0, 0.05) is 32.9 Å². The quantitative estimate of drug-likeness (QED) is 0.745. The summed E-state index contributed by atoms with van der Waals surface area (Å²) in [5.74, 6) is 1.30. The molecule has 4 rings (SSSR count). The molecule has 3 heterocycles. The van der Waals surface area contributed by atoms with Gasteiger partial charge < -0.3 is 24.2 Å². The fraction of sp³-hybridized carbons (Fsp3) is 0.500. The van der Waals surface area contributed by atoms with Gasteiger partial charge in [0.05, 0.1) is 20.3 Å². The topological polar surface area (TPSA) is 77.9 Å². The number of guanidine groups is 1. The maximum Gasteiger partial charge on any atom is 0.328 e. The third kappa shape index (κ3) is 2.69. The molecule has 3 aliphatic heterocycles. The molecule has 0 spiro atoms. The van der Waals surface area contributed by atoms with Crippen molar-refractivity contribution in [3.8, 4) is 5.75 Å². The van der Waals surface area contributed by atoms with E-state index in [0.717, 1.165) is 23.9 Å². The minimum Gasteiger partial charge on any atom is -0.497 e. The Kier molecular flexibility index (Phi) is 4.39. The van der Waals surface area contributed by atoms with Gasteiger partial charge in [0.25, 0.3) is 5.91 Å². The van der Waals surface area contributed by atoms with Gasteiger partial charge in [-0.3, -0.25) is 9.69 Å². The van der Waals surface area contributed by atoms with Crippen molar-refractivity contribution in [2.75, 3.05) is 52.4 Å². The number of methoxy groups -OCH3 is 2. The minimum absolute atomic E-state index is 0.213. The van der Waals surface area contributed by atoms with Crippen LogP contribution in [0, 0.1) is 0 Å². The molecule has 2 unspecified atom stereocenters. The van der Waals surface area contributed by atoms with E-state index in [9.17, 15) is 9.59 Å². The van der Waals surface area contributed by atoms with Crippen LogP contribution in [0.1, 0.15) is 0 Å². The van der Waals surface area contributed by atoms with Crippen molar-refractivity contribution < 1.29 is 19.1 Å². The van der Waals surface area contributed by atoms with Crippen molar-refractivity contribution in [1.29, 1.82) is 0 Å². The van der Waals surface area contributed by atoms with Crippen LogP contribution < -0.4 is 9.64 Å². The molecule has 9 heteroatoms. The maximum atomic E-state index is 13.0. The lowest BCUT2D eigenvalue weighted by Gasteiger charge is -2.40. The number of rotatable bonds is 5. The van der Waals surface area contributed by atoms with Gasteiger partial charge in [0.1, 0.15) is 5.75 Å². The Labute approximate surface area is 157 Å². The number of ether oxygens (including phenoxy) is 2. The van der Waals surface area contributed by atoms with Gasteiger partial charge in [-0.25, -0.2) is 9.79 Å². The highest BCUT2D eigenvalue weighted by Gasteiger charge is 2.54. The summed E-state index contributed by atoms with van der Waals surface area (Å²) < 4.78 is 10.3. The summed E-state index contributed by atoms with van der Waals surface area (Å²) in [5, 5.41) is 0. The van der Waals surface area contributed by atoms with E-state index in [0.29, 0.717) is 13.2 Å². The van der Waals surface area contributed by atoms with E-state index in [1.807, 2.05) is 29.2 Å². The zero-order valence-corrected chi connectivity index (χ0v) is 15.7. The second kappa shape index (κ2) is 6.73. The van der Waals surface area contributed by atoms with Crippen LogP contribution in [0.5, 0.6) is 5.75 Å². The third-order valence-electron chi connectivity index (χ3n) is 5.28. The molecule has 3 aliphatic rings. The van der Waals surface area contributed by atoms with Crippen molar-refractivity contribution in [1.82, 2.24) is 14.7 Å². The lowest BCUT2D eigenvalue weighted by Crippen LogP contribution is -2.65. The van der Waals surface area contributed by atoms with E-state index in [1.54, 1.807) is 26.2 Å². The summed E-state index contributed by atoms with van der Waals surface area (Å²) >= 11 is 0. The Morgan fingerprint density at radius 3 is 2.56 bits per heavy atom. The Morgan fingerprint density at radius 2 is 1.89 bits per heavy atom. The lowest BCUT2D eigenvalue weighted by atomic mass is 10.1. The SMILES string of the molecule is COCCN1C(=O)C2C(N=C3N(c4ccc(OC)cc4)CCN32)N(C)C1=O. The number of aliphatic imine (C=N–C) groups is 1. The van der Waals surface area contributed by atoms with Crippen molar-refractivity contribution in [3.63, 3.8) is 0 Å². The Balaban J connectivity index is 1.61.